The van der Waals surface area contributed by atoms with E-state index in [0.717, 1.165) is 11.3 Å². The molecule has 0 radical (unpaired) electrons. The van der Waals surface area contributed by atoms with Gasteiger partial charge in [0.15, 0.2) is 5.78 Å². The van der Waals surface area contributed by atoms with E-state index in [1.165, 1.54) is 0 Å². The lowest BCUT2D eigenvalue weighted by atomic mass is 10.1. The van der Waals surface area contributed by atoms with Crippen LogP contribution in [0.5, 0.6) is 0 Å². The quantitative estimate of drug-likeness (QED) is 0.504. The first-order valence-corrected chi connectivity index (χ1v) is 4.83. The van der Waals surface area contributed by atoms with E-state index >= 15 is 0 Å². The number of allylic oxidation sites excluding steroid dienone is 1. The molecule has 10 heavy (non-hydrogen) atoms. The minimum absolute atomic E-state index is 0.219. The molecule has 1 heterocycles. The van der Waals surface area contributed by atoms with Gasteiger partial charge in [0, 0.05) is 28.7 Å². The zero-order valence-electron chi connectivity index (χ0n) is 5.50. The number of carbonyl (C=O) groups excluding carboxylic acids is 1. The van der Waals surface area contributed by atoms with Gasteiger partial charge in [-0.2, -0.15) is 0 Å². The van der Waals surface area contributed by atoms with Crippen LogP contribution in [0.1, 0.15) is 6.42 Å². The molecule has 0 aromatic carbocycles. The fourth-order valence-corrected chi connectivity index (χ4v) is 3.14. The maximum Gasteiger partial charge on any atom is 0.156 e. The number of ketones is 1. The third-order valence-electron chi connectivity index (χ3n) is 2.03. The summed E-state index contributed by atoms with van der Waals surface area (Å²) in [5.74, 6) is 1.93. The molecule has 2 rings (SSSR count). The van der Waals surface area contributed by atoms with Crippen LogP contribution in [0.3, 0.4) is 0 Å². The number of carbonyl (C=O) groups is 1. The zero-order chi connectivity index (χ0) is 7.14. The number of fused-ring (bicyclic) bond motifs is 1. The Bertz CT molecular complexity index is 242. The van der Waals surface area contributed by atoms with Crippen molar-refractivity contribution in [3.8, 4) is 0 Å². The van der Waals surface area contributed by atoms with E-state index in [9.17, 15) is 9.00 Å². The molecular weight excluding hydrogens is 148 g/mol. The standard InChI is InChI=1S/C7H8O2S/c8-7-1-5-3-10(9)4-6(5)2-7/h1,6H,2-4H2. The normalized spacial score (nSPS) is 38.0. The van der Waals surface area contributed by atoms with Crippen LogP contribution in [-0.4, -0.2) is 21.5 Å². The molecule has 0 bridgehead atoms. The molecule has 0 saturated carbocycles. The first-order chi connectivity index (χ1) is 4.75. The second kappa shape index (κ2) is 2.02. The molecule has 2 unspecified atom stereocenters. The van der Waals surface area contributed by atoms with Crippen molar-refractivity contribution in [3.05, 3.63) is 11.6 Å². The predicted molar refractivity (Wildman–Crippen MR) is 39.1 cm³/mol. The van der Waals surface area contributed by atoms with E-state index in [1.807, 2.05) is 0 Å². The van der Waals surface area contributed by atoms with Gasteiger partial charge in [-0.25, -0.2) is 0 Å². The van der Waals surface area contributed by atoms with Gasteiger partial charge < -0.3 is 0 Å². The van der Waals surface area contributed by atoms with Crippen LogP contribution in [-0.2, 0) is 15.6 Å². The van der Waals surface area contributed by atoms with Gasteiger partial charge in [0.05, 0.1) is 0 Å². The Morgan fingerprint density at radius 1 is 1.60 bits per heavy atom. The molecule has 2 aliphatic rings. The Morgan fingerprint density at radius 3 is 3.10 bits per heavy atom. The largest absolute Gasteiger partial charge is 0.295 e. The van der Waals surface area contributed by atoms with Crippen molar-refractivity contribution >= 4 is 16.6 Å². The van der Waals surface area contributed by atoms with Crippen LogP contribution < -0.4 is 0 Å². The van der Waals surface area contributed by atoms with Gasteiger partial charge in [-0.1, -0.05) is 0 Å². The van der Waals surface area contributed by atoms with Crippen molar-refractivity contribution in [2.45, 2.75) is 6.42 Å². The van der Waals surface area contributed by atoms with Crippen molar-refractivity contribution in [3.63, 3.8) is 0 Å². The second-order valence-corrected chi connectivity index (χ2v) is 4.34. The average Bonchev–Trinajstić information content (AvgIpc) is 2.21. The van der Waals surface area contributed by atoms with Gasteiger partial charge in [-0.15, -0.1) is 0 Å². The molecule has 3 heteroatoms. The Balaban J connectivity index is 2.29. The summed E-state index contributed by atoms with van der Waals surface area (Å²) in [7, 11) is -0.667. The fourth-order valence-electron chi connectivity index (χ4n) is 1.55. The van der Waals surface area contributed by atoms with Crippen LogP contribution in [0.4, 0.5) is 0 Å². The SMILES string of the molecule is O=C1C=C2CS(=O)CC2C1. The smallest absolute Gasteiger partial charge is 0.156 e. The molecule has 2 atom stereocenters. The molecule has 1 aliphatic heterocycles. The number of hydrogen-bond acceptors (Lipinski definition) is 2. The van der Waals surface area contributed by atoms with E-state index < -0.39 is 10.8 Å². The summed E-state index contributed by atoms with van der Waals surface area (Å²) < 4.78 is 10.9. The Hall–Kier alpha value is -0.440. The first-order valence-electron chi connectivity index (χ1n) is 3.34. The lowest BCUT2D eigenvalue weighted by Crippen LogP contribution is -2.00. The summed E-state index contributed by atoms with van der Waals surface area (Å²) in [5.41, 5.74) is 1.13. The summed E-state index contributed by atoms with van der Waals surface area (Å²) in [6, 6.07) is 0. The molecule has 1 aliphatic carbocycles. The van der Waals surface area contributed by atoms with Crippen LogP contribution in [0, 0.1) is 5.92 Å². The topological polar surface area (TPSA) is 34.1 Å². The highest BCUT2D eigenvalue weighted by molar-refractivity contribution is 7.85. The summed E-state index contributed by atoms with van der Waals surface area (Å²) in [6.07, 6.45) is 2.29. The molecule has 0 aromatic rings. The van der Waals surface area contributed by atoms with Crippen LogP contribution in [0.2, 0.25) is 0 Å². The van der Waals surface area contributed by atoms with Crippen molar-refractivity contribution in [1.29, 1.82) is 0 Å². The highest BCUT2D eigenvalue weighted by Crippen LogP contribution is 2.30. The van der Waals surface area contributed by atoms with Crippen LogP contribution in [0.25, 0.3) is 0 Å². The summed E-state index contributed by atoms with van der Waals surface area (Å²) in [6.45, 7) is 0. The fraction of sp³-hybridized carbons (Fsp3) is 0.571. The summed E-state index contributed by atoms with van der Waals surface area (Å²) in [4.78, 5) is 10.8. The van der Waals surface area contributed by atoms with Gasteiger partial charge in [0.25, 0.3) is 0 Å². The van der Waals surface area contributed by atoms with E-state index in [2.05, 4.69) is 0 Å². The second-order valence-electron chi connectivity index (χ2n) is 2.84. The third kappa shape index (κ3) is 0.850. The highest BCUT2D eigenvalue weighted by atomic mass is 32.2. The van der Waals surface area contributed by atoms with E-state index in [4.69, 9.17) is 0 Å². The monoisotopic (exact) mass is 156 g/mol. The molecule has 0 aromatic heterocycles. The summed E-state index contributed by atoms with van der Waals surface area (Å²) in [5, 5.41) is 0. The molecule has 1 fully saturated rings. The maximum absolute atomic E-state index is 10.9. The van der Waals surface area contributed by atoms with E-state index in [-0.39, 0.29) is 5.78 Å². The van der Waals surface area contributed by atoms with Crippen molar-refractivity contribution in [2.75, 3.05) is 11.5 Å². The van der Waals surface area contributed by atoms with Gasteiger partial charge in [-0.05, 0) is 17.6 Å². The van der Waals surface area contributed by atoms with Gasteiger partial charge in [0.1, 0.15) is 0 Å². The molecule has 1 saturated heterocycles. The Labute approximate surface area is 61.8 Å². The summed E-state index contributed by atoms with van der Waals surface area (Å²) >= 11 is 0. The number of rotatable bonds is 0. The van der Waals surface area contributed by atoms with E-state index in [0.29, 0.717) is 18.1 Å². The molecule has 54 valence electrons. The average molecular weight is 156 g/mol. The van der Waals surface area contributed by atoms with Crippen molar-refractivity contribution in [2.24, 2.45) is 5.92 Å². The van der Waals surface area contributed by atoms with Gasteiger partial charge in [-0.3, -0.25) is 9.00 Å². The Morgan fingerprint density at radius 2 is 2.40 bits per heavy atom. The lowest BCUT2D eigenvalue weighted by molar-refractivity contribution is -0.114. The molecular formula is C7H8O2S. The highest BCUT2D eigenvalue weighted by Gasteiger charge is 2.32. The molecule has 0 amide bonds. The number of hydrogen-bond donors (Lipinski definition) is 0. The molecule has 0 spiro atoms. The minimum Gasteiger partial charge on any atom is -0.295 e. The van der Waals surface area contributed by atoms with Gasteiger partial charge in [0.2, 0.25) is 0 Å². The van der Waals surface area contributed by atoms with Crippen LogP contribution in [0.15, 0.2) is 11.6 Å². The van der Waals surface area contributed by atoms with Gasteiger partial charge >= 0.3 is 0 Å². The minimum atomic E-state index is -0.667. The predicted octanol–water partition coefficient (Wildman–Crippen LogP) is 0.264. The molecule has 2 nitrogen and oxygen atoms in total. The molecule has 0 N–H and O–H groups in total. The first kappa shape index (κ1) is 6.28. The lowest BCUT2D eigenvalue weighted by Gasteiger charge is -1.96. The zero-order valence-corrected chi connectivity index (χ0v) is 6.32. The van der Waals surface area contributed by atoms with Crippen LogP contribution >= 0.6 is 0 Å². The Kier molecular flexibility index (Phi) is 1.27. The van der Waals surface area contributed by atoms with E-state index in [1.54, 1.807) is 6.08 Å². The van der Waals surface area contributed by atoms with Crippen molar-refractivity contribution < 1.29 is 9.00 Å². The maximum atomic E-state index is 10.9. The third-order valence-corrected chi connectivity index (χ3v) is 3.46. The van der Waals surface area contributed by atoms with Crippen molar-refractivity contribution in [1.82, 2.24) is 0 Å².